The van der Waals surface area contributed by atoms with Crippen molar-refractivity contribution < 1.29 is 9.53 Å². The minimum Gasteiger partial charge on any atom is -0.444 e. The molecule has 1 saturated heterocycles. The summed E-state index contributed by atoms with van der Waals surface area (Å²) in [5.74, 6) is 0.416. The molecule has 1 rings (SSSR count). The first kappa shape index (κ1) is 14.0. The molecule has 4 heteroatoms. The topological polar surface area (TPSA) is 55.6 Å². The molecule has 0 radical (unpaired) electrons. The minimum absolute atomic E-state index is 0.205. The van der Waals surface area contributed by atoms with E-state index in [-0.39, 0.29) is 6.09 Å². The summed E-state index contributed by atoms with van der Waals surface area (Å²) in [5.41, 5.74) is 5.01. The lowest BCUT2D eigenvalue weighted by Crippen LogP contribution is -2.42. The van der Waals surface area contributed by atoms with Crippen molar-refractivity contribution in [2.24, 2.45) is 11.7 Å². The first-order chi connectivity index (χ1) is 7.92. The van der Waals surface area contributed by atoms with Gasteiger partial charge in [-0.15, -0.1) is 0 Å². The standard InChI is InChI=1S/C13H24N2O2/c1-13(2,3)17-12(16)15-9-5-7-11(10-15)6-4-8-14/h4,6,11H,5,7-10,14H2,1-3H3/b6-4+. The van der Waals surface area contributed by atoms with Gasteiger partial charge in [0.15, 0.2) is 0 Å². The van der Waals surface area contributed by atoms with Gasteiger partial charge in [-0.3, -0.25) is 0 Å². The zero-order valence-corrected chi connectivity index (χ0v) is 11.1. The number of nitrogens with zero attached hydrogens (tertiary/aromatic N) is 1. The molecule has 0 spiro atoms. The smallest absolute Gasteiger partial charge is 0.410 e. The molecule has 1 unspecified atom stereocenters. The Balaban J connectivity index is 2.49. The molecule has 17 heavy (non-hydrogen) atoms. The SMILES string of the molecule is CC(C)(C)OC(=O)N1CCCC(/C=C/CN)C1. The first-order valence-corrected chi connectivity index (χ1v) is 6.27. The Labute approximate surface area is 104 Å². The second-order valence-electron chi connectivity index (χ2n) is 5.49. The van der Waals surface area contributed by atoms with Gasteiger partial charge in [-0.1, -0.05) is 12.2 Å². The quantitative estimate of drug-likeness (QED) is 0.752. The van der Waals surface area contributed by atoms with Gasteiger partial charge in [-0.2, -0.15) is 0 Å². The van der Waals surface area contributed by atoms with E-state index in [1.165, 1.54) is 0 Å². The normalized spacial score (nSPS) is 21.9. The number of rotatable bonds is 2. The van der Waals surface area contributed by atoms with E-state index in [0.717, 1.165) is 25.9 Å². The Bertz CT molecular complexity index is 282. The second-order valence-corrected chi connectivity index (χ2v) is 5.49. The first-order valence-electron chi connectivity index (χ1n) is 6.27. The Morgan fingerprint density at radius 1 is 1.53 bits per heavy atom. The van der Waals surface area contributed by atoms with Gasteiger partial charge in [0.1, 0.15) is 5.60 Å². The zero-order valence-electron chi connectivity index (χ0n) is 11.1. The molecular weight excluding hydrogens is 216 g/mol. The number of piperidine rings is 1. The molecule has 0 aromatic rings. The summed E-state index contributed by atoms with van der Waals surface area (Å²) in [6.07, 6.45) is 6.01. The van der Waals surface area contributed by atoms with Crippen LogP contribution in [0.3, 0.4) is 0 Å². The maximum atomic E-state index is 11.9. The summed E-state index contributed by atoms with van der Waals surface area (Å²) >= 11 is 0. The average molecular weight is 240 g/mol. The number of hydrogen-bond donors (Lipinski definition) is 1. The molecule has 1 atom stereocenters. The molecule has 2 N–H and O–H groups in total. The van der Waals surface area contributed by atoms with E-state index in [1.807, 2.05) is 26.8 Å². The number of hydrogen-bond acceptors (Lipinski definition) is 3. The van der Waals surface area contributed by atoms with Crippen molar-refractivity contribution in [1.82, 2.24) is 4.90 Å². The van der Waals surface area contributed by atoms with E-state index >= 15 is 0 Å². The van der Waals surface area contributed by atoms with E-state index in [9.17, 15) is 4.79 Å². The van der Waals surface area contributed by atoms with Crippen LogP contribution in [0.1, 0.15) is 33.6 Å². The molecule has 1 aliphatic rings. The van der Waals surface area contributed by atoms with Gasteiger partial charge in [0.05, 0.1) is 0 Å². The zero-order chi connectivity index (χ0) is 12.9. The van der Waals surface area contributed by atoms with Crippen molar-refractivity contribution in [3.8, 4) is 0 Å². The van der Waals surface area contributed by atoms with Crippen LogP contribution < -0.4 is 5.73 Å². The Morgan fingerprint density at radius 2 is 2.24 bits per heavy atom. The van der Waals surface area contributed by atoms with E-state index in [4.69, 9.17) is 10.5 Å². The highest BCUT2D eigenvalue weighted by molar-refractivity contribution is 5.68. The number of amides is 1. The highest BCUT2D eigenvalue weighted by Gasteiger charge is 2.26. The van der Waals surface area contributed by atoms with E-state index in [2.05, 4.69) is 6.08 Å². The Hall–Kier alpha value is -1.03. The Kier molecular flexibility index (Phi) is 5.00. The molecule has 4 nitrogen and oxygen atoms in total. The van der Waals surface area contributed by atoms with Crippen LogP contribution in [0.25, 0.3) is 0 Å². The lowest BCUT2D eigenvalue weighted by molar-refractivity contribution is 0.0187. The largest absolute Gasteiger partial charge is 0.444 e. The van der Waals surface area contributed by atoms with Crippen molar-refractivity contribution in [3.63, 3.8) is 0 Å². The summed E-state index contributed by atoms with van der Waals surface area (Å²) in [4.78, 5) is 13.7. The number of likely N-dealkylation sites (tertiary alicyclic amines) is 1. The highest BCUT2D eigenvalue weighted by atomic mass is 16.6. The summed E-state index contributed by atoms with van der Waals surface area (Å²) in [6.45, 7) is 7.76. The summed E-state index contributed by atoms with van der Waals surface area (Å²) < 4.78 is 5.37. The van der Waals surface area contributed by atoms with Gasteiger partial charge in [-0.05, 0) is 39.5 Å². The average Bonchev–Trinajstić information content (AvgIpc) is 2.24. The second kappa shape index (κ2) is 6.05. The lowest BCUT2D eigenvalue weighted by Gasteiger charge is -2.33. The summed E-state index contributed by atoms with van der Waals surface area (Å²) in [5, 5.41) is 0. The predicted molar refractivity (Wildman–Crippen MR) is 68.7 cm³/mol. The van der Waals surface area contributed by atoms with Crippen molar-refractivity contribution >= 4 is 6.09 Å². The van der Waals surface area contributed by atoms with Crippen molar-refractivity contribution in [2.45, 2.75) is 39.2 Å². The summed E-state index contributed by atoms with van der Waals surface area (Å²) in [6, 6.07) is 0. The molecule has 1 fully saturated rings. The number of nitrogens with two attached hydrogens (primary N) is 1. The fraction of sp³-hybridized carbons (Fsp3) is 0.769. The lowest BCUT2D eigenvalue weighted by atomic mass is 9.98. The predicted octanol–water partition coefficient (Wildman–Crippen LogP) is 2.15. The third kappa shape index (κ3) is 5.22. The molecule has 0 aromatic carbocycles. The molecule has 1 aliphatic heterocycles. The van der Waals surface area contributed by atoms with Crippen LogP contribution in [-0.2, 0) is 4.74 Å². The van der Waals surface area contributed by atoms with Crippen LogP contribution in [0.4, 0.5) is 4.79 Å². The molecule has 0 aliphatic carbocycles. The van der Waals surface area contributed by atoms with Crippen LogP contribution in [0.15, 0.2) is 12.2 Å². The maximum Gasteiger partial charge on any atom is 0.410 e. The molecule has 1 heterocycles. The molecule has 0 bridgehead atoms. The van der Waals surface area contributed by atoms with Gasteiger partial charge in [-0.25, -0.2) is 4.79 Å². The monoisotopic (exact) mass is 240 g/mol. The third-order valence-corrected chi connectivity index (χ3v) is 2.65. The van der Waals surface area contributed by atoms with Gasteiger partial charge < -0.3 is 15.4 Å². The molecule has 1 amide bonds. The van der Waals surface area contributed by atoms with Crippen molar-refractivity contribution in [1.29, 1.82) is 0 Å². The number of carbonyl (C=O) groups is 1. The van der Waals surface area contributed by atoms with Gasteiger partial charge in [0, 0.05) is 19.6 Å². The van der Waals surface area contributed by atoms with E-state index < -0.39 is 5.60 Å². The van der Waals surface area contributed by atoms with Crippen molar-refractivity contribution in [3.05, 3.63) is 12.2 Å². The molecular formula is C13H24N2O2. The maximum absolute atomic E-state index is 11.9. The third-order valence-electron chi connectivity index (χ3n) is 2.65. The number of carbonyl (C=O) groups excluding carboxylic acids is 1. The molecule has 0 saturated carbocycles. The van der Waals surface area contributed by atoms with Crippen LogP contribution in [0.5, 0.6) is 0 Å². The van der Waals surface area contributed by atoms with Gasteiger partial charge in [0.25, 0.3) is 0 Å². The van der Waals surface area contributed by atoms with Crippen LogP contribution >= 0.6 is 0 Å². The van der Waals surface area contributed by atoms with Gasteiger partial charge in [0.2, 0.25) is 0 Å². The van der Waals surface area contributed by atoms with Crippen LogP contribution in [-0.4, -0.2) is 36.2 Å². The van der Waals surface area contributed by atoms with Crippen LogP contribution in [0.2, 0.25) is 0 Å². The van der Waals surface area contributed by atoms with Crippen LogP contribution in [0, 0.1) is 5.92 Å². The highest BCUT2D eigenvalue weighted by Crippen LogP contribution is 2.20. The fourth-order valence-electron chi connectivity index (χ4n) is 1.93. The Morgan fingerprint density at radius 3 is 2.82 bits per heavy atom. The van der Waals surface area contributed by atoms with Crippen molar-refractivity contribution in [2.75, 3.05) is 19.6 Å². The summed E-state index contributed by atoms with van der Waals surface area (Å²) in [7, 11) is 0. The number of ether oxygens (including phenoxy) is 1. The van der Waals surface area contributed by atoms with E-state index in [1.54, 1.807) is 4.90 Å². The van der Waals surface area contributed by atoms with E-state index in [0.29, 0.717) is 12.5 Å². The minimum atomic E-state index is -0.420. The molecule has 0 aromatic heterocycles. The fourth-order valence-corrected chi connectivity index (χ4v) is 1.93. The van der Waals surface area contributed by atoms with Gasteiger partial charge >= 0.3 is 6.09 Å². The molecule has 98 valence electrons.